The molecule has 3 nitrogen and oxygen atoms in total. The SMILES string of the molecule is O=CN1CCCN(Cc2ccccc2)CC1. The molecule has 0 saturated carbocycles. The van der Waals surface area contributed by atoms with Crippen LogP contribution in [0.25, 0.3) is 0 Å². The van der Waals surface area contributed by atoms with Crippen LogP contribution >= 0.6 is 0 Å². The minimum Gasteiger partial charge on any atom is -0.344 e. The minimum absolute atomic E-state index is 0.857. The molecule has 0 bridgehead atoms. The van der Waals surface area contributed by atoms with Crippen molar-refractivity contribution >= 4 is 6.41 Å². The van der Waals surface area contributed by atoms with Crippen molar-refractivity contribution in [1.29, 1.82) is 0 Å². The van der Waals surface area contributed by atoms with Crippen molar-refractivity contribution in [3.05, 3.63) is 35.9 Å². The molecule has 1 saturated heterocycles. The number of hydrogen-bond donors (Lipinski definition) is 0. The Bertz CT molecular complexity index is 326. The third kappa shape index (κ3) is 3.07. The van der Waals surface area contributed by atoms with E-state index >= 15 is 0 Å². The second kappa shape index (κ2) is 5.66. The third-order valence-electron chi connectivity index (χ3n) is 3.02. The van der Waals surface area contributed by atoms with Gasteiger partial charge >= 0.3 is 0 Å². The van der Waals surface area contributed by atoms with Crippen LogP contribution in [-0.2, 0) is 11.3 Å². The summed E-state index contributed by atoms with van der Waals surface area (Å²) < 4.78 is 0. The van der Waals surface area contributed by atoms with Gasteiger partial charge in [0, 0.05) is 32.7 Å². The lowest BCUT2D eigenvalue weighted by molar-refractivity contribution is -0.118. The van der Waals surface area contributed by atoms with Crippen LogP contribution < -0.4 is 0 Å². The first-order valence-corrected chi connectivity index (χ1v) is 5.84. The van der Waals surface area contributed by atoms with Crippen LogP contribution in [0.15, 0.2) is 30.3 Å². The molecule has 0 aromatic heterocycles. The number of carbonyl (C=O) groups is 1. The molecule has 0 radical (unpaired) electrons. The quantitative estimate of drug-likeness (QED) is 0.715. The molecule has 1 amide bonds. The summed E-state index contributed by atoms with van der Waals surface area (Å²) in [6.45, 7) is 4.81. The van der Waals surface area contributed by atoms with Crippen LogP contribution in [0.4, 0.5) is 0 Å². The lowest BCUT2D eigenvalue weighted by Gasteiger charge is -2.19. The van der Waals surface area contributed by atoms with Gasteiger partial charge in [0.25, 0.3) is 0 Å². The highest BCUT2D eigenvalue weighted by Gasteiger charge is 2.13. The van der Waals surface area contributed by atoms with E-state index in [1.54, 1.807) is 0 Å². The monoisotopic (exact) mass is 218 g/mol. The Labute approximate surface area is 96.7 Å². The van der Waals surface area contributed by atoms with Crippen molar-refractivity contribution in [2.75, 3.05) is 26.2 Å². The van der Waals surface area contributed by atoms with Gasteiger partial charge in [-0.25, -0.2) is 0 Å². The van der Waals surface area contributed by atoms with E-state index in [1.165, 1.54) is 5.56 Å². The smallest absolute Gasteiger partial charge is 0.209 e. The Hall–Kier alpha value is -1.35. The topological polar surface area (TPSA) is 23.6 Å². The first-order valence-electron chi connectivity index (χ1n) is 5.84. The lowest BCUT2D eigenvalue weighted by atomic mass is 10.2. The van der Waals surface area contributed by atoms with Gasteiger partial charge in [-0.1, -0.05) is 30.3 Å². The highest BCUT2D eigenvalue weighted by molar-refractivity contribution is 5.46. The van der Waals surface area contributed by atoms with Gasteiger partial charge < -0.3 is 4.90 Å². The summed E-state index contributed by atoms with van der Waals surface area (Å²) in [6, 6.07) is 10.5. The fourth-order valence-electron chi connectivity index (χ4n) is 2.10. The molecule has 0 N–H and O–H groups in total. The summed E-state index contributed by atoms with van der Waals surface area (Å²) in [4.78, 5) is 15.0. The highest BCUT2D eigenvalue weighted by Crippen LogP contribution is 2.07. The van der Waals surface area contributed by atoms with E-state index in [0.29, 0.717) is 0 Å². The van der Waals surface area contributed by atoms with Crippen LogP contribution in [0.2, 0.25) is 0 Å². The van der Waals surface area contributed by atoms with Crippen LogP contribution in [-0.4, -0.2) is 42.4 Å². The van der Waals surface area contributed by atoms with Gasteiger partial charge in [-0.2, -0.15) is 0 Å². The zero-order valence-corrected chi connectivity index (χ0v) is 9.51. The molecule has 1 aliphatic heterocycles. The van der Waals surface area contributed by atoms with E-state index < -0.39 is 0 Å². The molecule has 0 atom stereocenters. The maximum absolute atomic E-state index is 10.7. The predicted octanol–water partition coefficient (Wildman–Crippen LogP) is 1.35. The van der Waals surface area contributed by atoms with Gasteiger partial charge in [0.2, 0.25) is 6.41 Å². The van der Waals surface area contributed by atoms with Crippen molar-refractivity contribution in [3.63, 3.8) is 0 Å². The van der Waals surface area contributed by atoms with Crippen molar-refractivity contribution in [2.24, 2.45) is 0 Å². The molecule has 1 aliphatic rings. The molecule has 2 rings (SSSR count). The fraction of sp³-hybridized carbons (Fsp3) is 0.462. The average molecular weight is 218 g/mol. The van der Waals surface area contributed by atoms with Crippen LogP contribution in [0.3, 0.4) is 0 Å². The predicted molar refractivity (Wildman–Crippen MR) is 64.0 cm³/mol. The van der Waals surface area contributed by atoms with Gasteiger partial charge in [-0.3, -0.25) is 9.69 Å². The summed E-state index contributed by atoms with van der Waals surface area (Å²) in [7, 11) is 0. The van der Waals surface area contributed by atoms with E-state index in [-0.39, 0.29) is 0 Å². The Kier molecular flexibility index (Phi) is 3.94. The zero-order valence-electron chi connectivity index (χ0n) is 9.51. The number of carbonyl (C=O) groups excluding carboxylic acids is 1. The largest absolute Gasteiger partial charge is 0.344 e. The van der Waals surface area contributed by atoms with Crippen LogP contribution in [0.1, 0.15) is 12.0 Å². The van der Waals surface area contributed by atoms with Crippen molar-refractivity contribution < 1.29 is 4.79 Å². The van der Waals surface area contributed by atoms with E-state index in [9.17, 15) is 4.79 Å². The fourth-order valence-corrected chi connectivity index (χ4v) is 2.10. The molecule has 1 aromatic rings. The Morgan fingerprint density at radius 3 is 2.62 bits per heavy atom. The molecule has 1 fully saturated rings. The Morgan fingerprint density at radius 2 is 1.88 bits per heavy atom. The molecule has 86 valence electrons. The van der Waals surface area contributed by atoms with Crippen molar-refractivity contribution in [1.82, 2.24) is 9.80 Å². The molecule has 16 heavy (non-hydrogen) atoms. The number of hydrogen-bond acceptors (Lipinski definition) is 2. The van der Waals surface area contributed by atoms with Crippen molar-refractivity contribution in [3.8, 4) is 0 Å². The van der Waals surface area contributed by atoms with E-state index in [0.717, 1.165) is 45.6 Å². The second-order valence-corrected chi connectivity index (χ2v) is 4.26. The maximum Gasteiger partial charge on any atom is 0.209 e. The highest BCUT2D eigenvalue weighted by atomic mass is 16.1. The standard InChI is InChI=1S/C13H18N2O/c16-12-15-8-4-7-14(9-10-15)11-13-5-2-1-3-6-13/h1-3,5-6,12H,4,7-11H2. The van der Waals surface area contributed by atoms with E-state index in [4.69, 9.17) is 0 Å². The first-order chi connectivity index (χ1) is 7.88. The van der Waals surface area contributed by atoms with Gasteiger partial charge in [0.1, 0.15) is 0 Å². The lowest BCUT2D eigenvalue weighted by Crippen LogP contribution is -2.29. The van der Waals surface area contributed by atoms with Gasteiger partial charge in [0.15, 0.2) is 0 Å². The Balaban J connectivity index is 1.89. The summed E-state index contributed by atoms with van der Waals surface area (Å²) >= 11 is 0. The molecular formula is C13H18N2O. The number of nitrogens with zero attached hydrogens (tertiary/aromatic N) is 2. The minimum atomic E-state index is 0.857. The zero-order chi connectivity index (χ0) is 11.2. The molecule has 0 spiro atoms. The number of benzene rings is 1. The average Bonchev–Trinajstić information content (AvgIpc) is 2.56. The number of rotatable bonds is 3. The van der Waals surface area contributed by atoms with Gasteiger partial charge in [-0.15, -0.1) is 0 Å². The van der Waals surface area contributed by atoms with Gasteiger partial charge in [0.05, 0.1) is 0 Å². The number of amides is 1. The van der Waals surface area contributed by atoms with Crippen LogP contribution in [0, 0.1) is 0 Å². The van der Waals surface area contributed by atoms with E-state index in [1.807, 2.05) is 11.0 Å². The normalized spacial score (nSPS) is 18.1. The molecule has 3 heteroatoms. The third-order valence-corrected chi connectivity index (χ3v) is 3.02. The molecule has 0 unspecified atom stereocenters. The summed E-state index contributed by atoms with van der Waals surface area (Å²) in [5.41, 5.74) is 1.35. The second-order valence-electron chi connectivity index (χ2n) is 4.26. The Morgan fingerprint density at radius 1 is 1.06 bits per heavy atom. The summed E-state index contributed by atoms with van der Waals surface area (Å²) in [5.74, 6) is 0. The summed E-state index contributed by atoms with van der Waals surface area (Å²) in [6.07, 6.45) is 2.04. The van der Waals surface area contributed by atoms with Gasteiger partial charge in [-0.05, 0) is 12.0 Å². The molecule has 1 heterocycles. The maximum atomic E-state index is 10.7. The molecule has 1 aromatic carbocycles. The summed E-state index contributed by atoms with van der Waals surface area (Å²) in [5, 5.41) is 0. The molecular weight excluding hydrogens is 200 g/mol. The van der Waals surface area contributed by atoms with Crippen LogP contribution in [0.5, 0.6) is 0 Å². The first kappa shape index (κ1) is 11.1. The molecule has 0 aliphatic carbocycles. The van der Waals surface area contributed by atoms with E-state index in [2.05, 4.69) is 29.2 Å². The van der Waals surface area contributed by atoms with Crippen molar-refractivity contribution in [2.45, 2.75) is 13.0 Å².